The third-order valence-electron chi connectivity index (χ3n) is 8.22. The number of phenols is 1. The van der Waals surface area contributed by atoms with Crippen LogP contribution in [-0.4, -0.2) is 45.6 Å². The van der Waals surface area contributed by atoms with Gasteiger partial charge in [-0.2, -0.15) is 0 Å². The van der Waals surface area contributed by atoms with Gasteiger partial charge < -0.3 is 15.7 Å². The Morgan fingerprint density at radius 1 is 1.10 bits per heavy atom. The molecule has 8 heteroatoms. The number of carbonyl (C=O) groups excluding carboxylic acids is 1. The quantitative estimate of drug-likeness (QED) is 0.296. The Hall–Kier alpha value is -3.19. The van der Waals surface area contributed by atoms with Gasteiger partial charge in [-0.25, -0.2) is 0 Å². The lowest BCUT2D eigenvalue weighted by Gasteiger charge is -2.34. The molecule has 3 aliphatic rings. The number of aromatic hydroxyl groups is 1. The number of hydrogen-bond donors (Lipinski definition) is 2. The second kappa shape index (κ2) is 11.6. The second-order valence-electron chi connectivity index (χ2n) is 11.6. The van der Waals surface area contributed by atoms with Crippen molar-refractivity contribution in [2.24, 2.45) is 22.6 Å². The molecule has 41 heavy (non-hydrogen) atoms. The first-order valence-electron chi connectivity index (χ1n) is 14.4. The highest BCUT2D eigenvalue weighted by Gasteiger charge is 2.33. The lowest BCUT2D eigenvalue weighted by atomic mass is 9.95. The molecule has 0 spiro atoms. The number of ketones is 1. The van der Waals surface area contributed by atoms with Gasteiger partial charge in [0, 0.05) is 48.0 Å². The van der Waals surface area contributed by atoms with Crippen molar-refractivity contribution in [3.8, 4) is 16.9 Å². The molecule has 1 aromatic heterocycles. The van der Waals surface area contributed by atoms with Crippen molar-refractivity contribution in [2.75, 3.05) is 13.1 Å². The van der Waals surface area contributed by atoms with E-state index >= 15 is 0 Å². The van der Waals surface area contributed by atoms with Crippen LogP contribution >= 0.6 is 23.2 Å². The molecule has 2 heterocycles. The summed E-state index contributed by atoms with van der Waals surface area (Å²) in [5.74, 6) is 0.384. The van der Waals surface area contributed by atoms with Crippen LogP contribution in [-0.2, 0) is 0 Å². The minimum Gasteiger partial charge on any atom is -0.505 e. The van der Waals surface area contributed by atoms with Crippen LogP contribution in [0.3, 0.4) is 0 Å². The molecular weight excluding hydrogens is 555 g/mol. The van der Waals surface area contributed by atoms with Gasteiger partial charge in [0.2, 0.25) is 0 Å². The molecule has 2 aromatic carbocycles. The number of pyridine rings is 1. The Kier molecular flexibility index (Phi) is 7.90. The molecule has 1 saturated heterocycles. The van der Waals surface area contributed by atoms with Crippen LogP contribution in [0.4, 0.5) is 5.69 Å². The highest BCUT2D eigenvalue weighted by molar-refractivity contribution is 6.37. The van der Waals surface area contributed by atoms with Gasteiger partial charge in [0.25, 0.3) is 0 Å². The maximum Gasteiger partial charge on any atom is 0.169 e. The molecule has 6 rings (SSSR count). The molecule has 3 N–H and O–H groups in total. The minimum atomic E-state index is -0.144. The highest BCUT2D eigenvalue weighted by atomic mass is 35.5. The highest BCUT2D eigenvalue weighted by Crippen LogP contribution is 2.41. The van der Waals surface area contributed by atoms with E-state index in [1.165, 1.54) is 5.70 Å². The molecule has 1 saturated carbocycles. The van der Waals surface area contributed by atoms with Crippen LogP contribution in [0.15, 0.2) is 65.4 Å². The van der Waals surface area contributed by atoms with E-state index in [-0.39, 0.29) is 33.5 Å². The van der Waals surface area contributed by atoms with E-state index in [0.717, 1.165) is 79.4 Å². The number of halogens is 2. The molecule has 6 nitrogen and oxygen atoms in total. The van der Waals surface area contributed by atoms with Gasteiger partial charge in [0.15, 0.2) is 11.5 Å². The van der Waals surface area contributed by atoms with Crippen molar-refractivity contribution in [3.05, 3.63) is 76.1 Å². The smallest absolute Gasteiger partial charge is 0.169 e. The van der Waals surface area contributed by atoms with E-state index in [0.29, 0.717) is 17.2 Å². The first-order valence-corrected chi connectivity index (χ1v) is 15.1. The zero-order valence-corrected chi connectivity index (χ0v) is 24.6. The third kappa shape index (κ3) is 6.06. The number of benzene rings is 2. The molecular formula is C33H34Cl2N4O2. The normalized spacial score (nSPS) is 23.3. The van der Waals surface area contributed by atoms with Gasteiger partial charge in [-0.15, -0.1) is 0 Å². The molecule has 1 aliphatic heterocycles. The summed E-state index contributed by atoms with van der Waals surface area (Å²) in [7, 11) is 0. The monoisotopic (exact) mass is 588 g/mol. The van der Waals surface area contributed by atoms with Gasteiger partial charge >= 0.3 is 0 Å². The van der Waals surface area contributed by atoms with Crippen LogP contribution in [0.5, 0.6) is 5.75 Å². The Balaban J connectivity index is 1.46. The van der Waals surface area contributed by atoms with E-state index in [2.05, 4.69) is 35.0 Å². The summed E-state index contributed by atoms with van der Waals surface area (Å²) in [4.78, 5) is 25.7. The van der Waals surface area contributed by atoms with Gasteiger partial charge in [0.1, 0.15) is 0 Å². The zero-order valence-electron chi connectivity index (χ0n) is 23.1. The number of Topliss-reactive ketones (excluding diaryl/α,β-unsaturated/α-hetero) is 1. The first kappa shape index (κ1) is 28.0. The number of aromatic nitrogens is 1. The van der Waals surface area contributed by atoms with Gasteiger partial charge in [0.05, 0.1) is 26.8 Å². The molecule has 0 bridgehead atoms. The van der Waals surface area contributed by atoms with Crippen LogP contribution in [0.25, 0.3) is 22.0 Å². The van der Waals surface area contributed by atoms with Gasteiger partial charge in [-0.3, -0.25) is 14.8 Å². The largest absolute Gasteiger partial charge is 0.505 e. The number of phenolic OH excluding ortho intramolecular Hbond substituents is 1. The lowest BCUT2D eigenvalue weighted by Crippen LogP contribution is -2.42. The number of hydrogen-bond acceptors (Lipinski definition) is 6. The number of allylic oxidation sites excluding steroid dienone is 3. The van der Waals surface area contributed by atoms with Crippen molar-refractivity contribution < 1.29 is 9.90 Å². The third-order valence-corrected chi connectivity index (χ3v) is 8.79. The number of carbonyl (C=O) groups is 1. The molecule has 0 radical (unpaired) electrons. The van der Waals surface area contributed by atoms with Crippen molar-refractivity contribution in [1.29, 1.82) is 0 Å². The summed E-state index contributed by atoms with van der Waals surface area (Å²) in [5, 5.41) is 11.2. The molecule has 2 aliphatic carbocycles. The van der Waals surface area contributed by atoms with Gasteiger partial charge in [-0.05, 0) is 92.0 Å². The summed E-state index contributed by atoms with van der Waals surface area (Å²) >= 11 is 12.5. The van der Waals surface area contributed by atoms with Crippen LogP contribution in [0.1, 0.15) is 55.8 Å². The second-order valence-corrected chi connectivity index (χ2v) is 12.5. The number of likely N-dealkylation sites (tertiary alicyclic amines) is 1. The average Bonchev–Trinajstić information content (AvgIpc) is 3.80. The van der Waals surface area contributed by atoms with Crippen LogP contribution in [0.2, 0.25) is 10.0 Å². The van der Waals surface area contributed by atoms with Crippen molar-refractivity contribution in [2.45, 2.75) is 51.5 Å². The Morgan fingerprint density at radius 2 is 1.88 bits per heavy atom. The topological polar surface area (TPSA) is 91.8 Å². The Bertz CT molecular complexity index is 1590. The van der Waals surface area contributed by atoms with Crippen molar-refractivity contribution in [3.63, 3.8) is 0 Å². The standard InChI is InChI=1S/C33H34Cl2N4O2/c1-19-4-9-25(39-12-2-3-23(36)18-39)10-8-24(13-19)38-31-26-14-21(22-15-28(34)33(41)29(35)16-22)7-11-30(26)37-17-27(31)32(40)20-5-6-20/h7-11,14-17,19-20,23,41H,2-6,12-13,18,36H2,1H3/b10-8-,25-9?,38-24?. The minimum absolute atomic E-state index is 0.0377. The van der Waals surface area contributed by atoms with Crippen LogP contribution in [0, 0.1) is 11.8 Å². The summed E-state index contributed by atoms with van der Waals surface area (Å²) in [6, 6.07) is 9.41. The maximum atomic E-state index is 13.5. The summed E-state index contributed by atoms with van der Waals surface area (Å²) in [6.07, 6.45) is 14.0. The van der Waals surface area contributed by atoms with E-state index in [1.807, 2.05) is 18.2 Å². The van der Waals surface area contributed by atoms with Crippen molar-refractivity contribution in [1.82, 2.24) is 9.88 Å². The van der Waals surface area contributed by atoms with Gasteiger partial charge in [-0.1, -0.05) is 42.3 Å². The number of fused-ring (bicyclic) bond motifs is 1. The van der Waals surface area contributed by atoms with E-state index in [4.69, 9.17) is 33.9 Å². The van der Waals surface area contributed by atoms with E-state index in [1.54, 1.807) is 18.3 Å². The zero-order chi connectivity index (χ0) is 28.7. The average molecular weight is 590 g/mol. The molecule has 2 unspecified atom stereocenters. The fourth-order valence-corrected chi connectivity index (χ4v) is 6.23. The molecule has 212 valence electrons. The SMILES string of the molecule is CC1CC=C(N2CCCC(N)C2)/C=C\C(=Nc2c(C(=O)C3CC3)cnc3ccc(-c4cc(Cl)c(O)c(Cl)c4)cc23)C1. The number of rotatable bonds is 5. The predicted octanol–water partition coefficient (Wildman–Crippen LogP) is 7.87. The van der Waals surface area contributed by atoms with Crippen molar-refractivity contribution >= 4 is 51.3 Å². The summed E-state index contributed by atoms with van der Waals surface area (Å²) in [6.45, 7) is 4.11. The lowest BCUT2D eigenvalue weighted by molar-refractivity contribution is 0.0968. The molecule has 2 fully saturated rings. The number of piperidine rings is 1. The predicted molar refractivity (Wildman–Crippen MR) is 167 cm³/mol. The summed E-state index contributed by atoms with van der Waals surface area (Å²) in [5.41, 5.74) is 12.0. The molecule has 0 amide bonds. The molecule has 3 aromatic rings. The number of nitrogens with zero attached hydrogens (tertiary/aromatic N) is 3. The number of aliphatic imine (C=N–C) groups is 1. The fraction of sp³-hybridized carbons (Fsp3) is 0.364. The maximum absolute atomic E-state index is 13.5. The number of nitrogens with two attached hydrogens (primary N) is 1. The fourth-order valence-electron chi connectivity index (χ4n) is 5.74. The Morgan fingerprint density at radius 3 is 2.61 bits per heavy atom. The molecule has 2 atom stereocenters. The van der Waals surface area contributed by atoms with Crippen LogP contribution < -0.4 is 5.73 Å². The summed E-state index contributed by atoms with van der Waals surface area (Å²) < 4.78 is 0. The first-order chi connectivity index (χ1) is 19.8. The van der Waals surface area contributed by atoms with E-state index < -0.39 is 0 Å². The Labute approximate surface area is 250 Å². The van der Waals surface area contributed by atoms with E-state index in [9.17, 15) is 9.90 Å².